The van der Waals surface area contributed by atoms with Crippen molar-refractivity contribution in [2.75, 3.05) is 34.4 Å². The molecule has 0 spiro atoms. The Hall–Kier alpha value is -2.30. The fourth-order valence-corrected chi connectivity index (χ4v) is 4.61. The van der Waals surface area contributed by atoms with Crippen LogP contribution < -0.4 is 5.32 Å². The number of methoxy groups -OCH3 is 1. The third-order valence-electron chi connectivity index (χ3n) is 5.96. The standard InChI is InChI=1S/C22H40N6O6/c1-14(2)25-20(24-6)16(4)12-27(17(5)29)13-26(7)19-15(3)11-21(31,34-8)28(22(19,32)33)18(30)9-10-23/h14-16,19,31-33H,9,11-13H2,1-8H3,(H,24,25). The third-order valence-corrected chi connectivity index (χ3v) is 5.96. The number of aliphatic imine (C=N–C) groups is 1. The Labute approximate surface area is 201 Å². The van der Waals surface area contributed by atoms with Crippen LogP contribution in [0.25, 0.3) is 0 Å². The number of hydrogen-bond donors (Lipinski definition) is 4. The van der Waals surface area contributed by atoms with Crippen LogP contribution in [0.5, 0.6) is 0 Å². The lowest BCUT2D eigenvalue weighted by atomic mass is 9.86. The summed E-state index contributed by atoms with van der Waals surface area (Å²) in [5.74, 6) is -6.36. The number of hydrogen-bond acceptors (Lipinski definition) is 9. The Morgan fingerprint density at radius 3 is 2.35 bits per heavy atom. The molecule has 1 rings (SSSR count). The van der Waals surface area contributed by atoms with E-state index < -0.39 is 36.1 Å². The Bertz CT molecular complexity index is 797. The Morgan fingerprint density at radius 2 is 1.91 bits per heavy atom. The first-order chi connectivity index (χ1) is 15.7. The molecule has 2 amide bonds. The molecule has 0 bridgehead atoms. The number of rotatable bonds is 9. The van der Waals surface area contributed by atoms with E-state index >= 15 is 0 Å². The second-order valence-corrected chi connectivity index (χ2v) is 9.27. The van der Waals surface area contributed by atoms with Gasteiger partial charge in [-0.3, -0.25) is 19.5 Å². The molecule has 4 N–H and O–H groups in total. The summed E-state index contributed by atoms with van der Waals surface area (Å²) >= 11 is 0. The Balaban J connectivity index is 3.21. The number of nitrogens with zero attached hydrogens (tertiary/aromatic N) is 5. The molecule has 0 aromatic rings. The van der Waals surface area contributed by atoms with Gasteiger partial charge >= 0.3 is 0 Å². The Kier molecular flexibility index (Phi) is 10.4. The molecular formula is C22H40N6O6. The van der Waals surface area contributed by atoms with E-state index in [1.54, 1.807) is 36.9 Å². The maximum Gasteiger partial charge on any atom is 0.269 e. The summed E-state index contributed by atoms with van der Waals surface area (Å²) in [5.41, 5.74) is 0. The molecule has 1 fully saturated rings. The smallest absolute Gasteiger partial charge is 0.269 e. The van der Waals surface area contributed by atoms with Gasteiger partial charge in [0, 0.05) is 46.0 Å². The van der Waals surface area contributed by atoms with Crippen LogP contribution in [-0.4, -0.2) is 106 Å². The fraction of sp³-hybridized carbons (Fsp3) is 0.818. The maximum atomic E-state index is 12.6. The van der Waals surface area contributed by atoms with E-state index in [0.29, 0.717) is 11.4 Å². The van der Waals surface area contributed by atoms with Gasteiger partial charge in [0.2, 0.25) is 11.8 Å². The fourth-order valence-electron chi connectivity index (χ4n) is 4.61. The van der Waals surface area contributed by atoms with Crippen LogP contribution in [0.4, 0.5) is 0 Å². The van der Waals surface area contributed by atoms with Crippen LogP contribution in [0.1, 0.15) is 47.5 Å². The predicted molar refractivity (Wildman–Crippen MR) is 125 cm³/mol. The number of piperidine rings is 1. The molecule has 4 unspecified atom stereocenters. The van der Waals surface area contributed by atoms with Gasteiger partial charge < -0.3 is 30.3 Å². The summed E-state index contributed by atoms with van der Waals surface area (Å²) in [6, 6.07) is 0.718. The molecule has 4 atom stereocenters. The van der Waals surface area contributed by atoms with E-state index in [1.807, 2.05) is 20.8 Å². The topological polar surface area (TPSA) is 162 Å². The molecular weight excluding hydrogens is 444 g/mol. The number of likely N-dealkylation sites (N-methyl/N-ethyl adjacent to an activating group) is 1. The summed E-state index contributed by atoms with van der Waals surface area (Å²) in [4.78, 5) is 32.8. The van der Waals surface area contributed by atoms with Crippen LogP contribution in [-0.2, 0) is 14.3 Å². The van der Waals surface area contributed by atoms with Crippen molar-refractivity contribution in [3.63, 3.8) is 0 Å². The zero-order valence-electron chi connectivity index (χ0n) is 21.4. The number of amides is 2. The van der Waals surface area contributed by atoms with Gasteiger partial charge in [0.1, 0.15) is 12.3 Å². The van der Waals surface area contributed by atoms with E-state index in [9.17, 15) is 24.9 Å². The molecule has 1 saturated heterocycles. The predicted octanol–water partition coefficient (Wildman–Crippen LogP) is -0.532. The molecule has 1 aliphatic rings. The van der Waals surface area contributed by atoms with E-state index in [4.69, 9.17) is 10.00 Å². The van der Waals surface area contributed by atoms with Crippen LogP contribution in [0.3, 0.4) is 0 Å². The molecule has 12 nitrogen and oxygen atoms in total. The number of carbonyl (C=O) groups excluding carboxylic acids is 2. The van der Waals surface area contributed by atoms with Gasteiger partial charge in [-0.15, -0.1) is 0 Å². The number of amidine groups is 1. The number of aliphatic hydroxyl groups is 3. The highest BCUT2D eigenvalue weighted by molar-refractivity contribution is 5.85. The molecule has 0 aliphatic carbocycles. The minimum absolute atomic E-state index is 0.0158. The lowest BCUT2D eigenvalue weighted by molar-refractivity contribution is -0.418. The number of nitrogens with one attached hydrogen (secondary N) is 1. The van der Waals surface area contributed by atoms with E-state index in [2.05, 4.69) is 10.3 Å². The first kappa shape index (κ1) is 29.7. The molecule has 1 aliphatic heterocycles. The van der Waals surface area contributed by atoms with Crippen molar-refractivity contribution >= 4 is 17.6 Å². The van der Waals surface area contributed by atoms with Crippen molar-refractivity contribution < 1.29 is 29.6 Å². The van der Waals surface area contributed by atoms with Gasteiger partial charge in [0.15, 0.2) is 0 Å². The minimum Gasteiger partial charge on any atom is -0.371 e. The summed E-state index contributed by atoms with van der Waals surface area (Å²) < 4.78 is 5.06. The van der Waals surface area contributed by atoms with Gasteiger partial charge in [-0.2, -0.15) is 5.26 Å². The van der Waals surface area contributed by atoms with Gasteiger partial charge in [0.25, 0.3) is 11.8 Å². The monoisotopic (exact) mass is 484 g/mol. The van der Waals surface area contributed by atoms with Crippen molar-refractivity contribution in [1.29, 1.82) is 5.26 Å². The minimum atomic E-state index is -2.88. The summed E-state index contributed by atoms with van der Waals surface area (Å²) in [5, 5.41) is 45.2. The van der Waals surface area contributed by atoms with Crippen molar-refractivity contribution in [1.82, 2.24) is 20.0 Å². The van der Waals surface area contributed by atoms with Crippen LogP contribution in [0, 0.1) is 23.2 Å². The number of carbonyl (C=O) groups is 2. The van der Waals surface area contributed by atoms with E-state index in [0.717, 1.165) is 12.9 Å². The van der Waals surface area contributed by atoms with Crippen molar-refractivity contribution in [2.24, 2.45) is 16.8 Å². The highest BCUT2D eigenvalue weighted by atomic mass is 16.7. The van der Waals surface area contributed by atoms with Gasteiger partial charge in [-0.1, -0.05) is 13.8 Å². The summed E-state index contributed by atoms with van der Waals surface area (Å²) in [6.45, 7) is 9.33. The SMILES string of the molecule is CN=C(NC(C)C)C(C)CN(CN(C)C1C(C)CC(O)(OC)N(C(=O)CC#N)C1(O)O)C(C)=O. The van der Waals surface area contributed by atoms with Gasteiger partial charge in [0.05, 0.1) is 18.8 Å². The quantitative estimate of drug-likeness (QED) is 0.191. The highest BCUT2D eigenvalue weighted by Crippen LogP contribution is 2.41. The Morgan fingerprint density at radius 1 is 1.32 bits per heavy atom. The second kappa shape index (κ2) is 11.9. The number of ether oxygens (including phenoxy) is 1. The molecule has 12 heteroatoms. The van der Waals surface area contributed by atoms with Crippen molar-refractivity contribution in [2.45, 2.75) is 71.4 Å². The van der Waals surface area contributed by atoms with Gasteiger partial charge in [-0.25, -0.2) is 4.90 Å². The second-order valence-electron chi connectivity index (χ2n) is 9.27. The van der Waals surface area contributed by atoms with Crippen molar-refractivity contribution in [3.05, 3.63) is 0 Å². The molecule has 0 radical (unpaired) electrons. The average molecular weight is 485 g/mol. The first-order valence-corrected chi connectivity index (χ1v) is 11.3. The third kappa shape index (κ3) is 6.64. The van der Waals surface area contributed by atoms with Gasteiger partial charge in [-0.05, 0) is 26.8 Å². The van der Waals surface area contributed by atoms with E-state index in [-0.39, 0.29) is 31.0 Å². The van der Waals surface area contributed by atoms with E-state index in [1.165, 1.54) is 6.92 Å². The van der Waals surface area contributed by atoms with Crippen LogP contribution >= 0.6 is 0 Å². The summed E-state index contributed by atoms with van der Waals surface area (Å²) in [7, 11) is 4.40. The number of nitriles is 1. The lowest BCUT2D eigenvalue weighted by Crippen LogP contribution is -2.76. The van der Waals surface area contributed by atoms with Crippen molar-refractivity contribution in [3.8, 4) is 6.07 Å². The lowest BCUT2D eigenvalue weighted by Gasteiger charge is -2.56. The summed E-state index contributed by atoms with van der Waals surface area (Å²) in [6.07, 6.45) is -0.821. The maximum absolute atomic E-state index is 12.6. The zero-order valence-corrected chi connectivity index (χ0v) is 21.4. The molecule has 1 heterocycles. The van der Waals surface area contributed by atoms with Crippen LogP contribution in [0.15, 0.2) is 4.99 Å². The first-order valence-electron chi connectivity index (χ1n) is 11.3. The van der Waals surface area contributed by atoms with Crippen LogP contribution in [0.2, 0.25) is 0 Å². The normalized spacial score (nSPS) is 25.8. The molecule has 0 aromatic heterocycles. The molecule has 34 heavy (non-hydrogen) atoms. The zero-order chi connectivity index (χ0) is 26.4. The highest BCUT2D eigenvalue weighted by Gasteiger charge is 2.61. The molecule has 0 aromatic carbocycles. The molecule has 0 saturated carbocycles. The number of likely N-dealkylation sites (tertiary alicyclic amines) is 1. The molecule has 194 valence electrons. The largest absolute Gasteiger partial charge is 0.371 e. The average Bonchev–Trinajstić information content (AvgIpc) is 2.70.